The van der Waals surface area contributed by atoms with Gasteiger partial charge in [0.15, 0.2) is 19.4 Å². The molecule has 36 heteroatoms. The van der Waals surface area contributed by atoms with E-state index in [1.54, 1.807) is 36.4 Å². The van der Waals surface area contributed by atoms with E-state index in [0.29, 0.717) is 114 Å². The van der Waals surface area contributed by atoms with E-state index in [2.05, 4.69) is 43.1 Å². The molecule has 6 N–H and O–H groups in total. The number of phosphoric ester groups is 3. The maximum absolute atomic E-state index is 11.9. The number of hydrogen-bond acceptors (Lipinski definition) is 30. The molecule has 3 rings (SSSR count). The summed E-state index contributed by atoms with van der Waals surface area (Å²) < 4.78 is 108. The highest BCUT2D eigenvalue weighted by atomic mass is 31.2. The Hall–Kier alpha value is -6.03. The summed E-state index contributed by atoms with van der Waals surface area (Å²) in [4.78, 5) is 105. The second kappa shape index (κ2) is 55.4. The molecule has 0 saturated heterocycles. The van der Waals surface area contributed by atoms with E-state index in [-0.39, 0.29) is 59.5 Å². The normalized spacial score (nSPS) is 13.4. The standard InChI is InChI=1S/2C23H38NO10P.C22H36NO10P/c2*1-5-11-30-16-21(26)33-22-17(2)13-20(14-18(22)3)15-31-23(27)24-10-8-6-7-9-12-32-35(28,29)34-19(4)25;1-4-10-29-15-20(25)33-21-17(2)12-19(13-18(21)3)14-30-22(26)23-9-7-5-6-8-11-31-34(27,28)32-16-24/h2*13-14,19,25H,5-12,15-16H2,1-4H3,(H,24,27)(H,28,29);12-13,24H,4-11,14-16H2,1-3H3,(H,23,26)(H,27,28)/p-3. The Morgan fingerprint density at radius 3 is 0.885 bits per heavy atom. The molecular formula is C68H109N3O30P3-3. The van der Waals surface area contributed by atoms with Gasteiger partial charge in [-0.3, -0.25) is 27.3 Å². The summed E-state index contributed by atoms with van der Waals surface area (Å²) in [5.41, 5.74) is 6.83. The predicted octanol–water partition coefficient (Wildman–Crippen LogP) is 9.40. The van der Waals surface area contributed by atoms with E-state index in [1.165, 1.54) is 13.8 Å². The number of benzene rings is 3. The SMILES string of the molecule is CCCOCC(=O)Oc1c(C)cc(COC(=O)NCCCCCCOP(=O)([O-])OC(C)O)cc1C.CCCOCC(=O)Oc1c(C)cc(COC(=O)NCCCCCCOP(=O)([O-])OC(C)O)cc1C.CCCOCC(=O)Oc1c(C)cc(COC(=O)NCCCCCCOP(=O)([O-])OCO)cc1C. The predicted molar refractivity (Wildman–Crippen MR) is 372 cm³/mol. The van der Waals surface area contributed by atoms with Crippen LogP contribution >= 0.6 is 23.5 Å². The van der Waals surface area contributed by atoms with Crippen molar-refractivity contribution in [1.82, 2.24) is 16.0 Å². The maximum Gasteiger partial charge on any atom is 0.407 e. The van der Waals surface area contributed by atoms with Crippen molar-refractivity contribution in [1.29, 1.82) is 0 Å². The molecule has 0 saturated carbocycles. The molecule has 0 aliphatic carbocycles. The molecule has 0 aliphatic rings. The summed E-state index contributed by atoms with van der Waals surface area (Å²) in [6.07, 6.45) is 5.86. The van der Waals surface area contributed by atoms with Gasteiger partial charge < -0.3 is 102 Å². The summed E-state index contributed by atoms with van der Waals surface area (Å²) in [6.45, 7) is 20.7. The fraction of sp³-hybridized carbons (Fsp3) is 0.647. The van der Waals surface area contributed by atoms with Crippen LogP contribution in [0, 0.1) is 41.5 Å². The fourth-order valence-corrected chi connectivity index (χ4v) is 11.3. The quantitative estimate of drug-likeness (QED) is 0.00765. The Morgan fingerprint density at radius 2 is 0.644 bits per heavy atom. The number of amides is 3. The number of aryl methyl sites for hydroxylation is 6. The molecule has 5 atom stereocenters. The Morgan fingerprint density at radius 1 is 0.394 bits per heavy atom. The first-order valence-electron chi connectivity index (χ1n) is 34.5. The lowest BCUT2D eigenvalue weighted by atomic mass is 10.1. The number of hydrogen-bond donors (Lipinski definition) is 6. The molecular weight excluding hydrogens is 1430 g/mol. The molecule has 0 radical (unpaired) electrons. The molecule has 104 heavy (non-hydrogen) atoms. The molecule has 3 aromatic carbocycles. The van der Waals surface area contributed by atoms with E-state index in [1.807, 2.05) is 62.3 Å². The Bertz CT molecular complexity index is 2950. The zero-order valence-electron chi connectivity index (χ0n) is 61.7. The number of unbranched alkanes of at least 4 members (excludes halogenated alkanes) is 9. The number of esters is 3. The zero-order valence-corrected chi connectivity index (χ0v) is 64.4. The van der Waals surface area contributed by atoms with Gasteiger partial charge in [0, 0.05) is 39.5 Å². The van der Waals surface area contributed by atoms with Crippen LogP contribution in [-0.2, 0) is 103 Å². The lowest BCUT2D eigenvalue weighted by Gasteiger charge is -2.23. The highest BCUT2D eigenvalue weighted by molar-refractivity contribution is 7.46. The Balaban J connectivity index is 0.000000780. The maximum atomic E-state index is 11.9. The van der Waals surface area contributed by atoms with Gasteiger partial charge >= 0.3 is 36.2 Å². The number of alkyl carbamates (subject to hydrolysis) is 3. The third-order valence-corrected chi connectivity index (χ3v) is 16.6. The number of carbonyl (C=O) groups is 6. The molecule has 3 aromatic rings. The van der Waals surface area contributed by atoms with Crippen molar-refractivity contribution in [3.05, 3.63) is 86.5 Å². The molecule has 0 heterocycles. The van der Waals surface area contributed by atoms with Gasteiger partial charge in [0.25, 0.3) is 23.5 Å². The summed E-state index contributed by atoms with van der Waals surface area (Å²) in [6, 6.07) is 10.8. The van der Waals surface area contributed by atoms with E-state index < -0.39 is 79.0 Å². The Labute approximate surface area is 610 Å². The molecule has 3 amide bonds. The van der Waals surface area contributed by atoms with Crippen LogP contribution in [0.2, 0.25) is 0 Å². The topological polar surface area (TPSA) is 458 Å². The van der Waals surface area contributed by atoms with Crippen LogP contribution in [0.3, 0.4) is 0 Å². The van der Waals surface area contributed by atoms with Crippen molar-refractivity contribution < 1.29 is 142 Å². The van der Waals surface area contributed by atoms with Gasteiger partial charge in [0.1, 0.15) is 56.9 Å². The number of ether oxygens (including phenoxy) is 9. The molecule has 0 bridgehead atoms. The zero-order chi connectivity index (χ0) is 77.9. The van der Waals surface area contributed by atoms with Gasteiger partial charge in [-0.1, -0.05) is 59.3 Å². The number of nitrogens with one attached hydrogen (secondary N) is 3. The average molecular weight is 1540 g/mol. The smallest absolute Gasteiger partial charge is 0.407 e. The van der Waals surface area contributed by atoms with Gasteiger partial charge in [0.05, 0.1) is 19.8 Å². The summed E-state index contributed by atoms with van der Waals surface area (Å²) in [7, 11) is -13.4. The first-order valence-corrected chi connectivity index (χ1v) is 38.9. The van der Waals surface area contributed by atoms with Crippen LogP contribution in [0.4, 0.5) is 14.4 Å². The minimum Gasteiger partial charge on any atom is -0.756 e. The number of phosphoric acid groups is 3. The third kappa shape index (κ3) is 48.2. The van der Waals surface area contributed by atoms with Crippen molar-refractivity contribution >= 4 is 59.7 Å². The summed E-state index contributed by atoms with van der Waals surface area (Å²) in [5, 5.41) is 34.2. The summed E-state index contributed by atoms with van der Waals surface area (Å²) in [5.74, 6) is 0.0384. The van der Waals surface area contributed by atoms with E-state index in [9.17, 15) is 57.1 Å². The highest BCUT2D eigenvalue weighted by Crippen LogP contribution is 2.41. The molecule has 0 aliphatic heterocycles. The Kier molecular flexibility index (Phi) is 51.1. The van der Waals surface area contributed by atoms with E-state index in [0.717, 1.165) is 88.6 Å². The van der Waals surface area contributed by atoms with Gasteiger partial charge in [-0.25, -0.2) is 28.8 Å². The van der Waals surface area contributed by atoms with Gasteiger partial charge in [0.2, 0.25) is 0 Å². The van der Waals surface area contributed by atoms with Gasteiger partial charge in [-0.05, 0) is 200 Å². The first-order chi connectivity index (χ1) is 49.3. The number of aliphatic hydroxyl groups excluding tert-OH is 3. The number of aliphatic hydroxyl groups is 3. The van der Waals surface area contributed by atoms with Crippen LogP contribution in [0.1, 0.15) is 181 Å². The van der Waals surface area contributed by atoms with Crippen LogP contribution in [0.15, 0.2) is 36.4 Å². The fourth-order valence-electron chi connectivity index (χ4n) is 9.17. The van der Waals surface area contributed by atoms with Gasteiger partial charge in [-0.2, -0.15) is 0 Å². The second-order valence-corrected chi connectivity index (χ2v) is 27.7. The minimum atomic E-state index is -4.48. The van der Waals surface area contributed by atoms with E-state index >= 15 is 0 Å². The van der Waals surface area contributed by atoms with Crippen LogP contribution in [0.25, 0.3) is 0 Å². The average Bonchev–Trinajstić information content (AvgIpc) is 0.848. The van der Waals surface area contributed by atoms with Crippen molar-refractivity contribution in [3.63, 3.8) is 0 Å². The molecule has 594 valence electrons. The molecule has 0 spiro atoms. The van der Waals surface area contributed by atoms with Crippen LogP contribution in [-0.4, -0.2) is 150 Å². The molecule has 5 unspecified atom stereocenters. The highest BCUT2D eigenvalue weighted by Gasteiger charge is 2.19. The summed E-state index contributed by atoms with van der Waals surface area (Å²) >= 11 is 0. The van der Waals surface area contributed by atoms with Crippen LogP contribution < -0.4 is 44.8 Å². The molecule has 0 aromatic heterocycles. The second-order valence-electron chi connectivity index (χ2n) is 23.5. The van der Waals surface area contributed by atoms with Crippen molar-refractivity contribution in [2.24, 2.45) is 0 Å². The van der Waals surface area contributed by atoms with E-state index in [4.69, 9.17) is 58.0 Å². The first kappa shape index (κ1) is 96.0. The van der Waals surface area contributed by atoms with Crippen molar-refractivity contribution in [3.8, 4) is 17.2 Å². The number of rotatable bonds is 51. The lowest BCUT2D eigenvalue weighted by Crippen LogP contribution is -2.25. The number of carbonyl (C=O) groups excluding carboxylic acids is 6. The van der Waals surface area contributed by atoms with Gasteiger partial charge in [-0.15, -0.1) is 0 Å². The molecule has 0 fully saturated rings. The lowest BCUT2D eigenvalue weighted by molar-refractivity contribution is -0.240. The molecule has 33 nitrogen and oxygen atoms in total. The van der Waals surface area contributed by atoms with Crippen molar-refractivity contribution in [2.45, 2.75) is 205 Å². The van der Waals surface area contributed by atoms with Crippen LogP contribution in [0.5, 0.6) is 17.2 Å². The monoisotopic (exact) mass is 1540 g/mol. The largest absolute Gasteiger partial charge is 0.756 e. The minimum absolute atomic E-state index is 0.0281. The van der Waals surface area contributed by atoms with Crippen molar-refractivity contribution in [2.75, 3.05) is 85.9 Å². The third-order valence-electron chi connectivity index (χ3n) is 13.6.